The Labute approximate surface area is 150 Å². The Bertz CT molecular complexity index is 936. The van der Waals surface area contributed by atoms with Crippen molar-refractivity contribution in [3.8, 4) is 17.1 Å². The van der Waals surface area contributed by atoms with Gasteiger partial charge in [0.2, 0.25) is 0 Å². The first-order chi connectivity index (χ1) is 12.5. The number of nitrogens with one attached hydrogen (secondary N) is 1. The molecule has 1 unspecified atom stereocenters. The number of aromatic nitrogens is 1. The molecule has 0 aliphatic carbocycles. The van der Waals surface area contributed by atoms with E-state index in [1.807, 2.05) is 31.2 Å². The van der Waals surface area contributed by atoms with Crippen LogP contribution in [0.2, 0.25) is 0 Å². The first-order valence-electron chi connectivity index (χ1n) is 8.16. The predicted octanol–water partition coefficient (Wildman–Crippen LogP) is 4.29. The number of rotatable bonds is 5. The SMILES string of the molecule is COc1cccc(C(C)NC(=O)c2c(C)noc2-c2cccc(F)c2)c1. The average Bonchev–Trinajstić information content (AvgIpc) is 3.03. The van der Waals surface area contributed by atoms with Gasteiger partial charge in [-0.05, 0) is 43.7 Å². The summed E-state index contributed by atoms with van der Waals surface area (Å²) >= 11 is 0. The van der Waals surface area contributed by atoms with Crippen LogP contribution >= 0.6 is 0 Å². The Morgan fingerprint density at radius 2 is 2.00 bits per heavy atom. The van der Waals surface area contributed by atoms with E-state index >= 15 is 0 Å². The monoisotopic (exact) mass is 354 g/mol. The zero-order valence-corrected chi connectivity index (χ0v) is 14.7. The largest absolute Gasteiger partial charge is 0.497 e. The Morgan fingerprint density at radius 3 is 2.73 bits per heavy atom. The lowest BCUT2D eigenvalue weighted by atomic mass is 10.0. The molecule has 26 heavy (non-hydrogen) atoms. The zero-order valence-electron chi connectivity index (χ0n) is 14.7. The highest BCUT2D eigenvalue weighted by molar-refractivity contribution is 6.00. The number of amides is 1. The number of carbonyl (C=O) groups excluding carboxylic acids is 1. The van der Waals surface area contributed by atoms with E-state index in [0.717, 1.165) is 5.56 Å². The van der Waals surface area contributed by atoms with Crippen molar-refractivity contribution in [1.29, 1.82) is 0 Å². The quantitative estimate of drug-likeness (QED) is 0.742. The van der Waals surface area contributed by atoms with Crippen LogP contribution in [0.5, 0.6) is 5.75 Å². The summed E-state index contributed by atoms with van der Waals surface area (Å²) in [5, 5.41) is 6.80. The van der Waals surface area contributed by atoms with Crippen molar-refractivity contribution in [3.63, 3.8) is 0 Å². The summed E-state index contributed by atoms with van der Waals surface area (Å²) in [5.74, 6) is 0.216. The fourth-order valence-electron chi connectivity index (χ4n) is 2.73. The molecule has 1 atom stereocenters. The number of methoxy groups -OCH3 is 1. The smallest absolute Gasteiger partial charge is 0.257 e. The molecule has 1 aromatic heterocycles. The summed E-state index contributed by atoms with van der Waals surface area (Å²) in [6, 6.07) is 13.1. The second-order valence-corrected chi connectivity index (χ2v) is 5.95. The fraction of sp³-hybridized carbons (Fsp3) is 0.200. The molecule has 0 radical (unpaired) electrons. The van der Waals surface area contributed by atoms with Crippen molar-refractivity contribution in [2.75, 3.05) is 7.11 Å². The third-order valence-electron chi connectivity index (χ3n) is 4.12. The van der Waals surface area contributed by atoms with E-state index in [0.29, 0.717) is 22.6 Å². The van der Waals surface area contributed by atoms with Crippen molar-refractivity contribution in [3.05, 3.63) is 71.2 Å². The van der Waals surface area contributed by atoms with E-state index in [1.54, 1.807) is 26.2 Å². The molecule has 0 saturated carbocycles. The highest BCUT2D eigenvalue weighted by atomic mass is 19.1. The van der Waals surface area contributed by atoms with Crippen LogP contribution in [0, 0.1) is 12.7 Å². The van der Waals surface area contributed by atoms with Crippen LogP contribution in [0.3, 0.4) is 0 Å². The van der Waals surface area contributed by atoms with Gasteiger partial charge in [0.1, 0.15) is 17.1 Å². The summed E-state index contributed by atoms with van der Waals surface area (Å²) in [6.07, 6.45) is 0. The maximum Gasteiger partial charge on any atom is 0.257 e. The lowest BCUT2D eigenvalue weighted by molar-refractivity contribution is 0.0939. The van der Waals surface area contributed by atoms with Gasteiger partial charge in [0, 0.05) is 5.56 Å². The number of aryl methyl sites for hydroxylation is 1. The Morgan fingerprint density at radius 1 is 1.23 bits per heavy atom. The molecule has 6 heteroatoms. The van der Waals surface area contributed by atoms with E-state index in [9.17, 15) is 9.18 Å². The average molecular weight is 354 g/mol. The molecule has 0 fully saturated rings. The van der Waals surface area contributed by atoms with Crippen LogP contribution in [0.15, 0.2) is 53.1 Å². The van der Waals surface area contributed by atoms with Gasteiger partial charge < -0.3 is 14.6 Å². The number of hydrogen-bond acceptors (Lipinski definition) is 4. The molecular weight excluding hydrogens is 335 g/mol. The first-order valence-corrected chi connectivity index (χ1v) is 8.16. The maximum absolute atomic E-state index is 13.5. The highest BCUT2D eigenvalue weighted by Crippen LogP contribution is 2.27. The first kappa shape index (κ1) is 17.7. The van der Waals surface area contributed by atoms with E-state index < -0.39 is 5.82 Å². The van der Waals surface area contributed by atoms with E-state index in [4.69, 9.17) is 9.26 Å². The number of hydrogen-bond donors (Lipinski definition) is 1. The predicted molar refractivity (Wildman–Crippen MR) is 95.5 cm³/mol. The summed E-state index contributed by atoms with van der Waals surface area (Å²) in [5.41, 5.74) is 2.11. The molecule has 0 saturated heterocycles. The van der Waals surface area contributed by atoms with Gasteiger partial charge in [0.15, 0.2) is 5.76 Å². The second kappa shape index (κ2) is 7.39. The standard InChI is InChI=1S/C20H19FN2O3/c1-12(14-6-5-9-17(11-14)25-3)22-20(24)18-13(2)23-26-19(18)15-7-4-8-16(21)10-15/h4-12H,1-3H3,(H,22,24). The van der Waals surface area contributed by atoms with Gasteiger partial charge in [0.25, 0.3) is 5.91 Å². The molecule has 0 spiro atoms. The normalized spacial score (nSPS) is 11.8. The molecule has 0 aliphatic heterocycles. The van der Waals surface area contributed by atoms with Gasteiger partial charge in [-0.3, -0.25) is 4.79 Å². The molecule has 1 N–H and O–H groups in total. The molecule has 1 heterocycles. The topological polar surface area (TPSA) is 64.4 Å². The Balaban J connectivity index is 1.87. The van der Waals surface area contributed by atoms with Crippen LogP contribution in [-0.4, -0.2) is 18.2 Å². The zero-order chi connectivity index (χ0) is 18.7. The van der Waals surface area contributed by atoms with E-state index in [1.165, 1.54) is 12.1 Å². The van der Waals surface area contributed by atoms with Crippen molar-refractivity contribution >= 4 is 5.91 Å². The molecular formula is C20H19FN2O3. The lowest BCUT2D eigenvalue weighted by Gasteiger charge is -2.15. The Kier molecular flexibility index (Phi) is 5.02. The van der Waals surface area contributed by atoms with E-state index in [2.05, 4.69) is 10.5 Å². The van der Waals surface area contributed by atoms with Crippen molar-refractivity contribution in [2.24, 2.45) is 0 Å². The van der Waals surface area contributed by atoms with E-state index in [-0.39, 0.29) is 17.7 Å². The summed E-state index contributed by atoms with van der Waals surface area (Å²) in [7, 11) is 1.59. The maximum atomic E-state index is 13.5. The second-order valence-electron chi connectivity index (χ2n) is 5.95. The van der Waals surface area contributed by atoms with Crippen LogP contribution < -0.4 is 10.1 Å². The molecule has 0 bridgehead atoms. The highest BCUT2D eigenvalue weighted by Gasteiger charge is 2.23. The van der Waals surface area contributed by atoms with Crippen molar-refractivity contribution < 1.29 is 18.4 Å². The summed E-state index contributed by atoms with van der Waals surface area (Å²) < 4.78 is 24.0. The summed E-state index contributed by atoms with van der Waals surface area (Å²) in [6.45, 7) is 3.55. The minimum Gasteiger partial charge on any atom is -0.497 e. The van der Waals surface area contributed by atoms with Gasteiger partial charge in [-0.25, -0.2) is 4.39 Å². The van der Waals surface area contributed by atoms with Crippen LogP contribution in [0.4, 0.5) is 4.39 Å². The number of benzene rings is 2. The minimum absolute atomic E-state index is 0.248. The minimum atomic E-state index is -0.410. The number of carbonyl (C=O) groups is 1. The van der Waals surface area contributed by atoms with Gasteiger partial charge in [0.05, 0.1) is 18.8 Å². The molecule has 0 aliphatic rings. The van der Waals surface area contributed by atoms with Crippen LogP contribution in [0.1, 0.15) is 34.6 Å². The van der Waals surface area contributed by atoms with Gasteiger partial charge in [-0.1, -0.05) is 29.4 Å². The summed E-state index contributed by atoms with van der Waals surface area (Å²) in [4.78, 5) is 12.8. The molecule has 5 nitrogen and oxygen atoms in total. The molecule has 134 valence electrons. The fourth-order valence-corrected chi connectivity index (χ4v) is 2.73. The van der Waals surface area contributed by atoms with Gasteiger partial charge >= 0.3 is 0 Å². The van der Waals surface area contributed by atoms with Crippen molar-refractivity contribution in [2.45, 2.75) is 19.9 Å². The molecule has 3 aromatic rings. The lowest BCUT2D eigenvalue weighted by Crippen LogP contribution is -2.27. The molecule has 2 aromatic carbocycles. The Hall–Kier alpha value is -3.15. The van der Waals surface area contributed by atoms with Gasteiger partial charge in [-0.2, -0.15) is 0 Å². The number of ether oxygens (including phenoxy) is 1. The molecule has 1 amide bonds. The third-order valence-corrected chi connectivity index (χ3v) is 4.12. The van der Waals surface area contributed by atoms with Crippen LogP contribution in [-0.2, 0) is 0 Å². The van der Waals surface area contributed by atoms with Gasteiger partial charge in [-0.15, -0.1) is 0 Å². The van der Waals surface area contributed by atoms with Crippen molar-refractivity contribution in [1.82, 2.24) is 10.5 Å². The number of nitrogens with zero attached hydrogens (tertiary/aromatic N) is 1. The molecule has 3 rings (SSSR count). The van der Waals surface area contributed by atoms with Crippen LogP contribution in [0.25, 0.3) is 11.3 Å². The third kappa shape index (κ3) is 3.59. The number of halogens is 1.